The van der Waals surface area contributed by atoms with Crippen LogP contribution in [0.1, 0.15) is 45.4 Å². The molecule has 3 heteroatoms. The van der Waals surface area contributed by atoms with E-state index in [9.17, 15) is 4.79 Å². The van der Waals surface area contributed by atoms with Crippen molar-refractivity contribution in [1.82, 2.24) is 0 Å². The van der Waals surface area contributed by atoms with Gasteiger partial charge in [0.15, 0.2) is 0 Å². The Hall–Kier alpha value is -0.990. The Kier molecular flexibility index (Phi) is 2.98. The number of hydrogen-bond donors (Lipinski definition) is 0. The molecule has 84 valence electrons. The summed E-state index contributed by atoms with van der Waals surface area (Å²) in [5.74, 6) is 0.572. The van der Waals surface area contributed by atoms with Gasteiger partial charge >= 0.3 is 5.97 Å². The Labute approximate surface area is 90.4 Å². The van der Waals surface area contributed by atoms with Crippen LogP contribution in [0.25, 0.3) is 0 Å². The van der Waals surface area contributed by atoms with Crippen LogP contribution in [0, 0.1) is 0 Å². The molecule has 1 fully saturated rings. The van der Waals surface area contributed by atoms with Crippen LogP contribution in [0.15, 0.2) is 11.8 Å². The number of carbonyl (C=O) groups is 1. The van der Waals surface area contributed by atoms with Crippen molar-refractivity contribution in [2.24, 2.45) is 0 Å². The zero-order valence-electron chi connectivity index (χ0n) is 9.25. The molecule has 15 heavy (non-hydrogen) atoms. The quantitative estimate of drug-likeness (QED) is 0.657. The van der Waals surface area contributed by atoms with Crippen molar-refractivity contribution in [3.05, 3.63) is 11.8 Å². The first-order valence-corrected chi connectivity index (χ1v) is 5.80. The SMILES string of the molecule is CCOC1=CC(=O)OC2(CCCCC2)C1. The van der Waals surface area contributed by atoms with Crippen LogP contribution >= 0.6 is 0 Å². The summed E-state index contributed by atoms with van der Waals surface area (Å²) in [6.07, 6.45) is 7.81. The number of rotatable bonds is 2. The van der Waals surface area contributed by atoms with Gasteiger partial charge in [-0.2, -0.15) is 0 Å². The molecule has 3 nitrogen and oxygen atoms in total. The van der Waals surface area contributed by atoms with Crippen molar-refractivity contribution >= 4 is 5.97 Å². The van der Waals surface area contributed by atoms with Gasteiger partial charge in [0.05, 0.1) is 12.7 Å². The van der Waals surface area contributed by atoms with Crippen molar-refractivity contribution in [3.8, 4) is 0 Å². The lowest BCUT2D eigenvalue weighted by Crippen LogP contribution is -2.40. The van der Waals surface area contributed by atoms with Crippen LogP contribution < -0.4 is 0 Å². The van der Waals surface area contributed by atoms with Gasteiger partial charge in [0.2, 0.25) is 0 Å². The molecule has 0 aromatic carbocycles. The normalized spacial score (nSPS) is 24.6. The van der Waals surface area contributed by atoms with Crippen LogP contribution in [-0.2, 0) is 14.3 Å². The second-order valence-corrected chi connectivity index (χ2v) is 4.39. The van der Waals surface area contributed by atoms with E-state index in [0.717, 1.165) is 37.9 Å². The van der Waals surface area contributed by atoms with Gasteiger partial charge in [-0.3, -0.25) is 0 Å². The topological polar surface area (TPSA) is 35.5 Å². The van der Waals surface area contributed by atoms with Gasteiger partial charge in [-0.1, -0.05) is 6.42 Å². The second-order valence-electron chi connectivity index (χ2n) is 4.39. The molecule has 1 spiro atoms. The maximum Gasteiger partial charge on any atom is 0.334 e. The van der Waals surface area contributed by atoms with Crippen LogP contribution in [0.3, 0.4) is 0 Å². The molecule has 2 rings (SSSR count). The molecule has 0 saturated heterocycles. The molecule has 0 aromatic heterocycles. The highest BCUT2D eigenvalue weighted by Gasteiger charge is 2.39. The lowest BCUT2D eigenvalue weighted by Gasteiger charge is -2.39. The van der Waals surface area contributed by atoms with Crippen LogP contribution in [-0.4, -0.2) is 18.2 Å². The zero-order valence-corrected chi connectivity index (χ0v) is 9.25. The van der Waals surface area contributed by atoms with Crippen molar-refractivity contribution in [2.75, 3.05) is 6.61 Å². The minimum absolute atomic E-state index is 0.230. The third kappa shape index (κ3) is 2.33. The molecule has 0 atom stereocenters. The molecule has 0 radical (unpaired) electrons. The van der Waals surface area contributed by atoms with Gasteiger partial charge < -0.3 is 9.47 Å². The lowest BCUT2D eigenvalue weighted by atomic mass is 9.81. The van der Waals surface area contributed by atoms with E-state index in [1.165, 1.54) is 12.5 Å². The van der Waals surface area contributed by atoms with E-state index in [2.05, 4.69) is 0 Å². The minimum Gasteiger partial charge on any atom is -0.498 e. The summed E-state index contributed by atoms with van der Waals surface area (Å²) >= 11 is 0. The van der Waals surface area contributed by atoms with Crippen LogP contribution in [0.4, 0.5) is 0 Å². The van der Waals surface area contributed by atoms with E-state index in [4.69, 9.17) is 9.47 Å². The highest BCUT2D eigenvalue weighted by Crippen LogP contribution is 2.39. The smallest absolute Gasteiger partial charge is 0.334 e. The average Bonchev–Trinajstić information content (AvgIpc) is 2.17. The summed E-state index contributed by atoms with van der Waals surface area (Å²) in [4.78, 5) is 11.4. The van der Waals surface area contributed by atoms with Crippen molar-refractivity contribution in [2.45, 2.75) is 51.0 Å². The van der Waals surface area contributed by atoms with Crippen molar-refractivity contribution in [1.29, 1.82) is 0 Å². The van der Waals surface area contributed by atoms with Gasteiger partial charge in [0.1, 0.15) is 11.4 Å². The predicted molar refractivity (Wildman–Crippen MR) is 56.2 cm³/mol. The first-order chi connectivity index (χ1) is 7.24. The summed E-state index contributed by atoms with van der Waals surface area (Å²) in [5.41, 5.74) is -0.241. The fourth-order valence-corrected chi connectivity index (χ4v) is 2.53. The minimum atomic E-state index is -0.241. The van der Waals surface area contributed by atoms with Gasteiger partial charge in [-0.15, -0.1) is 0 Å². The Morgan fingerprint density at radius 2 is 2.13 bits per heavy atom. The third-order valence-electron chi connectivity index (χ3n) is 3.19. The summed E-state index contributed by atoms with van der Waals surface area (Å²) in [7, 11) is 0. The molecular formula is C12H18O3. The summed E-state index contributed by atoms with van der Waals surface area (Å²) < 4.78 is 10.9. The molecule has 0 N–H and O–H groups in total. The summed E-state index contributed by atoms with van der Waals surface area (Å²) in [5, 5.41) is 0. The van der Waals surface area contributed by atoms with Gasteiger partial charge in [-0.05, 0) is 32.6 Å². The van der Waals surface area contributed by atoms with Crippen LogP contribution in [0.5, 0.6) is 0 Å². The van der Waals surface area contributed by atoms with E-state index in [1.54, 1.807) is 0 Å². The van der Waals surface area contributed by atoms with Gasteiger partial charge in [0.25, 0.3) is 0 Å². The zero-order chi connectivity index (χ0) is 10.7. The Morgan fingerprint density at radius 1 is 1.40 bits per heavy atom. The van der Waals surface area contributed by atoms with Gasteiger partial charge in [0, 0.05) is 6.42 Å². The molecule has 1 aliphatic heterocycles. The molecule has 1 aliphatic carbocycles. The Balaban J connectivity index is 2.09. The van der Waals surface area contributed by atoms with E-state index in [-0.39, 0.29) is 11.6 Å². The van der Waals surface area contributed by atoms with E-state index in [0.29, 0.717) is 6.61 Å². The monoisotopic (exact) mass is 210 g/mol. The van der Waals surface area contributed by atoms with Crippen molar-refractivity contribution < 1.29 is 14.3 Å². The fourth-order valence-electron chi connectivity index (χ4n) is 2.53. The largest absolute Gasteiger partial charge is 0.498 e. The van der Waals surface area contributed by atoms with E-state index < -0.39 is 0 Å². The number of carbonyl (C=O) groups excluding carboxylic acids is 1. The van der Waals surface area contributed by atoms with Gasteiger partial charge in [-0.25, -0.2) is 4.79 Å². The summed E-state index contributed by atoms with van der Waals surface area (Å²) in [6.45, 7) is 2.56. The standard InChI is InChI=1S/C12H18O3/c1-2-14-10-8-11(13)15-12(9-10)6-4-3-5-7-12/h8H,2-7,9H2,1H3. The van der Waals surface area contributed by atoms with Crippen LogP contribution in [0.2, 0.25) is 0 Å². The first kappa shape index (κ1) is 10.5. The Morgan fingerprint density at radius 3 is 2.80 bits per heavy atom. The molecule has 1 saturated carbocycles. The third-order valence-corrected chi connectivity index (χ3v) is 3.19. The Bertz CT molecular complexity index is 275. The molecule has 0 amide bonds. The summed E-state index contributed by atoms with van der Waals surface area (Å²) in [6, 6.07) is 0. The lowest BCUT2D eigenvalue weighted by molar-refractivity contribution is -0.161. The molecule has 0 bridgehead atoms. The number of hydrogen-bond acceptors (Lipinski definition) is 3. The molecule has 0 aromatic rings. The fraction of sp³-hybridized carbons (Fsp3) is 0.750. The van der Waals surface area contributed by atoms with Crippen molar-refractivity contribution in [3.63, 3.8) is 0 Å². The second kappa shape index (κ2) is 4.25. The highest BCUT2D eigenvalue weighted by atomic mass is 16.6. The maximum atomic E-state index is 11.4. The maximum absolute atomic E-state index is 11.4. The average molecular weight is 210 g/mol. The highest BCUT2D eigenvalue weighted by molar-refractivity contribution is 5.83. The molecule has 0 unspecified atom stereocenters. The number of esters is 1. The van der Waals surface area contributed by atoms with E-state index in [1.807, 2.05) is 6.92 Å². The molecular weight excluding hydrogens is 192 g/mol. The molecule has 2 aliphatic rings. The predicted octanol–water partition coefficient (Wildman–Crippen LogP) is 2.56. The number of ether oxygens (including phenoxy) is 2. The molecule has 1 heterocycles. The van der Waals surface area contributed by atoms with E-state index >= 15 is 0 Å². The first-order valence-electron chi connectivity index (χ1n) is 5.80.